The fraction of sp³-hybridized carbons (Fsp3) is 0.571. The Bertz CT molecular complexity index is 455. The van der Waals surface area contributed by atoms with Crippen molar-refractivity contribution < 1.29 is 14.7 Å². The summed E-state index contributed by atoms with van der Waals surface area (Å²) in [6.45, 7) is 4.70. The van der Waals surface area contributed by atoms with Gasteiger partial charge in [0, 0.05) is 13.0 Å². The number of carbonyl (C=O) groups is 2. The summed E-state index contributed by atoms with van der Waals surface area (Å²) < 4.78 is 0. The van der Waals surface area contributed by atoms with Crippen LogP contribution < -0.4 is 0 Å². The molecule has 2 unspecified atom stereocenters. The van der Waals surface area contributed by atoms with Crippen LogP contribution in [0.2, 0.25) is 0 Å². The molecule has 104 valence electrons. The molecule has 1 fully saturated rings. The number of likely N-dealkylation sites (tertiary alicyclic amines) is 1. The predicted octanol–water partition coefficient (Wildman–Crippen LogP) is 2.77. The zero-order valence-electron chi connectivity index (χ0n) is 11.2. The third kappa shape index (κ3) is 2.97. The second-order valence-corrected chi connectivity index (χ2v) is 6.20. The van der Waals surface area contributed by atoms with E-state index >= 15 is 0 Å². The van der Waals surface area contributed by atoms with Gasteiger partial charge >= 0.3 is 5.97 Å². The molecule has 0 bridgehead atoms. The molecule has 1 aliphatic heterocycles. The van der Waals surface area contributed by atoms with Gasteiger partial charge in [-0.2, -0.15) is 11.3 Å². The lowest BCUT2D eigenvalue weighted by atomic mass is 9.85. The summed E-state index contributed by atoms with van der Waals surface area (Å²) in [5.41, 5.74) is 0.950. The van der Waals surface area contributed by atoms with E-state index in [1.54, 1.807) is 4.90 Å². The van der Waals surface area contributed by atoms with E-state index in [-0.39, 0.29) is 11.9 Å². The number of hydrogen-bond donors (Lipinski definition) is 1. The number of aliphatic carboxylic acids is 1. The van der Waals surface area contributed by atoms with Crippen LogP contribution in [-0.4, -0.2) is 28.4 Å². The van der Waals surface area contributed by atoms with Crippen molar-refractivity contribution in [1.82, 2.24) is 4.90 Å². The molecule has 0 saturated carbocycles. The minimum atomic E-state index is -0.808. The van der Waals surface area contributed by atoms with Crippen molar-refractivity contribution in [2.45, 2.75) is 32.7 Å². The lowest BCUT2D eigenvalue weighted by Crippen LogP contribution is -2.46. The molecule has 5 heteroatoms. The maximum atomic E-state index is 12.1. The van der Waals surface area contributed by atoms with Crippen LogP contribution in [0.1, 0.15) is 38.3 Å². The molecule has 0 aliphatic carbocycles. The molecule has 2 atom stereocenters. The fourth-order valence-corrected chi connectivity index (χ4v) is 3.37. The number of carboxylic acid groups (broad SMARTS) is 1. The van der Waals surface area contributed by atoms with Crippen molar-refractivity contribution >= 4 is 23.2 Å². The quantitative estimate of drug-likeness (QED) is 0.923. The first-order valence-corrected chi connectivity index (χ1v) is 7.49. The molecule has 0 radical (unpaired) electrons. The smallest absolute Gasteiger partial charge is 0.308 e. The molecule has 2 rings (SSSR count). The van der Waals surface area contributed by atoms with Crippen LogP contribution in [0.15, 0.2) is 16.8 Å². The van der Waals surface area contributed by atoms with Crippen LogP contribution in [0, 0.1) is 11.8 Å². The minimum absolute atomic E-state index is 0.0717. The van der Waals surface area contributed by atoms with Gasteiger partial charge in [-0.1, -0.05) is 13.8 Å². The highest BCUT2D eigenvalue weighted by atomic mass is 32.1. The molecule has 1 amide bonds. The van der Waals surface area contributed by atoms with Crippen LogP contribution in [0.4, 0.5) is 0 Å². The van der Waals surface area contributed by atoms with E-state index in [2.05, 4.69) is 0 Å². The maximum Gasteiger partial charge on any atom is 0.308 e. The summed E-state index contributed by atoms with van der Waals surface area (Å²) in [6, 6.07) is 1.62. The molecule has 1 aromatic heterocycles. The van der Waals surface area contributed by atoms with Gasteiger partial charge in [-0.05, 0) is 34.7 Å². The van der Waals surface area contributed by atoms with E-state index < -0.39 is 11.9 Å². The monoisotopic (exact) mass is 281 g/mol. The third-order valence-corrected chi connectivity index (χ3v) is 4.17. The van der Waals surface area contributed by atoms with E-state index in [0.29, 0.717) is 25.3 Å². The van der Waals surface area contributed by atoms with Crippen LogP contribution in [0.3, 0.4) is 0 Å². The summed E-state index contributed by atoms with van der Waals surface area (Å²) in [5, 5.41) is 13.3. The summed E-state index contributed by atoms with van der Waals surface area (Å²) in [7, 11) is 0. The molecular formula is C14H19NO3S. The van der Waals surface area contributed by atoms with Gasteiger partial charge in [0.05, 0.1) is 12.0 Å². The Labute approximate surface area is 117 Å². The van der Waals surface area contributed by atoms with E-state index in [0.717, 1.165) is 5.56 Å². The Balaban J connectivity index is 2.35. The first-order chi connectivity index (χ1) is 9.00. The molecule has 1 saturated heterocycles. The molecule has 2 heterocycles. The van der Waals surface area contributed by atoms with Gasteiger partial charge in [-0.25, -0.2) is 0 Å². The first-order valence-electron chi connectivity index (χ1n) is 6.55. The highest BCUT2D eigenvalue weighted by molar-refractivity contribution is 7.08. The molecule has 0 spiro atoms. The topological polar surface area (TPSA) is 57.6 Å². The lowest BCUT2D eigenvalue weighted by molar-refractivity contribution is -0.152. The molecule has 4 nitrogen and oxygen atoms in total. The second kappa shape index (κ2) is 5.74. The summed E-state index contributed by atoms with van der Waals surface area (Å²) in [5.74, 6) is -0.900. The van der Waals surface area contributed by atoms with Gasteiger partial charge in [0.15, 0.2) is 0 Å². The SMILES string of the molecule is CC(C)CN1C(=O)CCC(C(=O)O)C1c1ccsc1. The van der Waals surface area contributed by atoms with E-state index in [4.69, 9.17) is 0 Å². The number of carbonyl (C=O) groups excluding carboxylic acids is 1. The third-order valence-electron chi connectivity index (χ3n) is 3.47. The van der Waals surface area contributed by atoms with Gasteiger partial charge < -0.3 is 10.0 Å². The van der Waals surface area contributed by atoms with Gasteiger partial charge in [0.25, 0.3) is 0 Å². The molecule has 1 aromatic rings. The largest absolute Gasteiger partial charge is 0.481 e. The summed E-state index contributed by atoms with van der Waals surface area (Å²) in [4.78, 5) is 25.4. The number of nitrogens with zero attached hydrogens (tertiary/aromatic N) is 1. The van der Waals surface area contributed by atoms with E-state index in [9.17, 15) is 14.7 Å². The van der Waals surface area contributed by atoms with Crippen molar-refractivity contribution in [2.75, 3.05) is 6.54 Å². The van der Waals surface area contributed by atoms with Gasteiger partial charge in [-0.15, -0.1) is 0 Å². The van der Waals surface area contributed by atoms with Crippen molar-refractivity contribution in [3.05, 3.63) is 22.4 Å². The first kappa shape index (κ1) is 14.1. The van der Waals surface area contributed by atoms with E-state index in [1.165, 1.54) is 11.3 Å². The standard InChI is InChI=1S/C14H19NO3S/c1-9(2)7-15-12(16)4-3-11(14(17)18)13(15)10-5-6-19-8-10/h5-6,8-9,11,13H,3-4,7H2,1-2H3,(H,17,18). The van der Waals surface area contributed by atoms with Crippen molar-refractivity contribution in [2.24, 2.45) is 11.8 Å². The number of thiophene rings is 1. The predicted molar refractivity (Wildman–Crippen MR) is 74.0 cm³/mol. The normalized spacial score (nSPS) is 23.9. The molecule has 19 heavy (non-hydrogen) atoms. The lowest BCUT2D eigenvalue weighted by Gasteiger charge is -2.40. The number of rotatable bonds is 4. The Morgan fingerprint density at radius 1 is 1.58 bits per heavy atom. The molecule has 1 N–H and O–H groups in total. The second-order valence-electron chi connectivity index (χ2n) is 5.42. The van der Waals surface area contributed by atoms with Gasteiger partial charge in [0.2, 0.25) is 5.91 Å². The van der Waals surface area contributed by atoms with E-state index in [1.807, 2.05) is 30.7 Å². The van der Waals surface area contributed by atoms with Crippen LogP contribution >= 0.6 is 11.3 Å². The average molecular weight is 281 g/mol. The maximum absolute atomic E-state index is 12.1. The molecule has 0 aromatic carbocycles. The Hall–Kier alpha value is -1.36. The Kier molecular flexibility index (Phi) is 4.24. The van der Waals surface area contributed by atoms with Crippen LogP contribution in [0.25, 0.3) is 0 Å². The number of piperidine rings is 1. The van der Waals surface area contributed by atoms with Crippen molar-refractivity contribution in [3.8, 4) is 0 Å². The summed E-state index contributed by atoms with van der Waals surface area (Å²) >= 11 is 1.54. The van der Waals surface area contributed by atoms with Crippen molar-refractivity contribution in [1.29, 1.82) is 0 Å². The molecule has 1 aliphatic rings. The van der Waals surface area contributed by atoms with Gasteiger partial charge in [0.1, 0.15) is 0 Å². The van der Waals surface area contributed by atoms with Crippen molar-refractivity contribution in [3.63, 3.8) is 0 Å². The zero-order chi connectivity index (χ0) is 14.0. The van der Waals surface area contributed by atoms with Crippen LogP contribution in [-0.2, 0) is 9.59 Å². The molecular weight excluding hydrogens is 262 g/mol. The summed E-state index contributed by atoms with van der Waals surface area (Å²) in [6.07, 6.45) is 0.771. The highest BCUT2D eigenvalue weighted by Crippen LogP contribution is 2.38. The Morgan fingerprint density at radius 3 is 2.84 bits per heavy atom. The fourth-order valence-electron chi connectivity index (χ4n) is 2.68. The van der Waals surface area contributed by atoms with Gasteiger partial charge in [-0.3, -0.25) is 9.59 Å². The zero-order valence-corrected chi connectivity index (χ0v) is 12.0. The van der Waals surface area contributed by atoms with Crippen LogP contribution in [0.5, 0.6) is 0 Å². The Morgan fingerprint density at radius 2 is 2.32 bits per heavy atom. The average Bonchev–Trinajstić information content (AvgIpc) is 2.84. The highest BCUT2D eigenvalue weighted by Gasteiger charge is 2.40. The number of amides is 1. The minimum Gasteiger partial charge on any atom is -0.481 e. The number of hydrogen-bond acceptors (Lipinski definition) is 3. The number of carboxylic acids is 1.